The van der Waals surface area contributed by atoms with E-state index in [1.807, 2.05) is 12.1 Å². The monoisotopic (exact) mass is 275 g/mol. The van der Waals surface area contributed by atoms with Crippen LogP contribution in [0.5, 0.6) is 0 Å². The second kappa shape index (κ2) is 6.39. The Morgan fingerprint density at radius 2 is 1.70 bits per heavy atom. The fourth-order valence-electron chi connectivity index (χ4n) is 2.12. The van der Waals surface area contributed by atoms with E-state index in [0.717, 1.165) is 11.6 Å². The number of hydrogen-bond acceptors (Lipinski definition) is 2. The minimum Gasteiger partial charge on any atom is -0.330 e. The van der Waals surface area contributed by atoms with E-state index in [0.29, 0.717) is 18.5 Å². The molecule has 0 atom stereocenters. The number of carbonyl (C=O) groups is 1. The molecule has 0 aliphatic heterocycles. The van der Waals surface area contributed by atoms with Gasteiger partial charge in [-0.2, -0.15) is 0 Å². The zero-order chi connectivity index (χ0) is 14.5. The maximum Gasteiger partial charge on any atom is 0.167 e. The van der Waals surface area contributed by atoms with Crippen LogP contribution in [0.1, 0.15) is 21.5 Å². The number of carbonyl (C=O) groups excluding carboxylic acids is 1. The lowest BCUT2D eigenvalue weighted by atomic mass is 9.96. The molecular weight excluding hydrogens is 260 g/mol. The van der Waals surface area contributed by atoms with E-state index in [1.165, 1.54) is 12.1 Å². The summed E-state index contributed by atoms with van der Waals surface area (Å²) in [5.41, 5.74) is 6.92. The zero-order valence-corrected chi connectivity index (χ0v) is 10.9. The molecule has 0 fully saturated rings. The van der Waals surface area contributed by atoms with Gasteiger partial charge < -0.3 is 5.73 Å². The van der Waals surface area contributed by atoms with Gasteiger partial charge in [0.2, 0.25) is 0 Å². The van der Waals surface area contributed by atoms with Gasteiger partial charge in [0.05, 0.1) is 0 Å². The molecule has 2 aromatic rings. The molecule has 0 spiro atoms. The van der Waals surface area contributed by atoms with Gasteiger partial charge in [0, 0.05) is 12.0 Å². The van der Waals surface area contributed by atoms with E-state index in [-0.39, 0.29) is 17.8 Å². The smallest absolute Gasteiger partial charge is 0.167 e. The van der Waals surface area contributed by atoms with E-state index < -0.39 is 11.6 Å². The molecule has 0 aliphatic carbocycles. The molecule has 2 N–H and O–H groups in total. The maximum absolute atomic E-state index is 13.6. The molecule has 0 radical (unpaired) electrons. The van der Waals surface area contributed by atoms with Crippen LogP contribution in [-0.4, -0.2) is 12.3 Å². The van der Waals surface area contributed by atoms with Crippen LogP contribution >= 0.6 is 0 Å². The van der Waals surface area contributed by atoms with Crippen LogP contribution in [0, 0.1) is 11.6 Å². The van der Waals surface area contributed by atoms with Crippen LogP contribution in [0.3, 0.4) is 0 Å². The SMILES string of the molecule is NCCc1ccccc1C(=O)Cc1cccc(F)c1F. The van der Waals surface area contributed by atoms with Crippen LogP contribution in [-0.2, 0) is 12.8 Å². The van der Waals surface area contributed by atoms with Crippen molar-refractivity contribution in [3.05, 3.63) is 70.8 Å². The van der Waals surface area contributed by atoms with Crippen molar-refractivity contribution < 1.29 is 13.6 Å². The molecule has 20 heavy (non-hydrogen) atoms. The van der Waals surface area contributed by atoms with Crippen molar-refractivity contribution in [1.82, 2.24) is 0 Å². The van der Waals surface area contributed by atoms with Crippen molar-refractivity contribution in [1.29, 1.82) is 0 Å². The minimum atomic E-state index is -0.961. The number of Topliss-reactive ketones (excluding diaryl/α,β-unsaturated/α-hetero) is 1. The molecule has 2 rings (SSSR count). The largest absolute Gasteiger partial charge is 0.330 e. The average Bonchev–Trinajstić information content (AvgIpc) is 2.45. The van der Waals surface area contributed by atoms with Crippen LogP contribution in [0.4, 0.5) is 8.78 Å². The Balaban J connectivity index is 2.26. The Labute approximate surface area is 116 Å². The average molecular weight is 275 g/mol. The topological polar surface area (TPSA) is 43.1 Å². The summed E-state index contributed by atoms with van der Waals surface area (Å²) >= 11 is 0. The molecule has 2 aromatic carbocycles. The van der Waals surface area contributed by atoms with Gasteiger partial charge in [-0.15, -0.1) is 0 Å². The molecule has 0 aromatic heterocycles. The first-order valence-corrected chi connectivity index (χ1v) is 6.37. The predicted molar refractivity (Wildman–Crippen MR) is 73.6 cm³/mol. The molecule has 0 bridgehead atoms. The van der Waals surface area contributed by atoms with Gasteiger partial charge in [-0.25, -0.2) is 8.78 Å². The number of benzene rings is 2. The summed E-state index contributed by atoms with van der Waals surface area (Å²) < 4.78 is 26.7. The van der Waals surface area contributed by atoms with Gasteiger partial charge in [-0.3, -0.25) is 4.79 Å². The van der Waals surface area contributed by atoms with Crippen molar-refractivity contribution in [3.63, 3.8) is 0 Å². The third-order valence-corrected chi connectivity index (χ3v) is 3.11. The standard InChI is InChI=1S/C16H15F2NO/c17-14-7-3-5-12(16(14)18)10-15(20)13-6-2-1-4-11(13)8-9-19/h1-7H,8-10,19H2. The molecule has 0 aliphatic rings. The predicted octanol–water partition coefficient (Wildman–Crippen LogP) is 2.89. The third kappa shape index (κ3) is 3.08. The minimum absolute atomic E-state index is 0.0672. The first-order chi connectivity index (χ1) is 9.63. The van der Waals surface area contributed by atoms with Gasteiger partial charge >= 0.3 is 0 Å². The Hall–Kier alpha value is -2.07. The molecule has 4 heteroatoms. The van der Waals surface area contributed by atoms with Crippen molar-refractivity contribution in [2.45, 2.75) is 12.8 Å². The highest BCUT2D eigenvalue weighted by Gasteiger charge is 2.15. The van der Waals surface area contributed by atoms with Crippen molar-refractivity contribution in [3.8, 4) is 0 Å². The van der Waals surface area contributed by atoms with Gasteiger partial charge in [-0.05, 0) is 30.2 Å². The van der Waals surface area contributed by atoms with Gasteiger partial charge in [-0.1, -0.05) is 36.4 Å². The van der Waals surface area contributed by atoms with E-state index in [2.05, 4.69) is 0 Å². The number of nitrogens with two attached hydrogens (primary N) is 1. The molecule has 0 unspecified atom stereocenters. The van der Waals surface area contributed by atoms with E-state index in [1.54, 1.807) is 12.1 Å². The molecule has 0 amide bonds. The fraction of sp³-hybridized carbons (Fsp3) is 0.188. The van der Waals surface area contributed by atoms with Gasteiger partial charge in [0.1, 0.15) is 0 Å². The molecule has 2 nitrogen and oxygen atoms in total. The van der Waals surface area contributed by atoms with Crippen molar-refractivity contribution in [2.24, 2.45) is 5.73 Å². The summed E-state index contributed by atoms with van der Waals surface area (Å²) in [6.45, 7) is 0.429. The number of rotatable bonds is 5. The lowest BCUT2D eigenvalue weighted by Gasteiger charge is -2.08. The Morgan fingerprint density at radius 1 is 1.00 bits per heavy atom. The summed E-state index contributed by atoms with van der Waals surface area (Å²) in [7, 11) is 0. The second-order valence-corrected chi connectivity index (χ2v) is 4.51. The first-order valence-electron chi connectivity index (χ1n) is 6.37. The van der Waals surface area contributed by atoms with E-state index in [4.69, 9.17) is 5.73 Å². The quantitative estimate of drug-likeness (QED) is 0.853. The summed E-state index contributed by atoms with van der Waals surface area (Å²) in [5, 5.41) is 0. The Morgan fingerprint density at radius 3 is 2.45 bits per heavy atom. The highest BCUT2D eigenvalue weighted by atomic mass is 19.2. The lowest BCUT2D eigenvalue weighted by molar-refractivity contribution is 0.0991. The summed E-state index contributed by atoms with van der Waals surface area (Å²) in [6, 6.07) is 10.9. The van der Waals surface area contributed by atoms with Crippen molar-refractivity contribution >= 4 is 5.78 Å². The van der Waals surface area contributed by atoms with Crippen LogP contribution in [0.25, 0.3) is 0 Å². The molecule has 0 heterocycles. The van der Waals surface area contributed by atoms with Gasteiger partial charge in [0.25, 0.3) is 0 Å². The van der Waals surface area contributed by atoms with E-state index >= 15 is 0 Å². The molecule has 0 saturated heterocycles. The molecule has 0 saturated carbocycles. The zero-order valence-electron chi connectivity index (χ0n) is 10.9. The number of ketones is 1. The highest BCUT2D eigenvalue weighted by molar-refractivity contribution is 5.98. The second-order valence-electron chi connectivity index (χ2n) is 4.51. The summed E-state index contributed by atoms with van der Waals surface area (Å²) in [6.07, 6.45) is 0.415. The van der Waals surface area contributed by atoms with Crippen LogP contribution in [0.2, 0.25) is 0 Å². The molecular formula is C16H15F2NO. The van der Waals surface area contributed by atoms with Crippen LogP contribution < -0.4 is 5.73 Å². The summed E-state index contributed by atoms with van der Waals surface area (Å²) in [4.78, 5) is 12.2. The summed E-state index contributed by atoms with van der Waals surface area (Å²) in [5.74, 6) is -2.14. The number of halogens is 2. The highest BCUT2D eigenvalue weighted by Crippen LogP contribution is 2.16. The lowest BCUT2D eigenvalue weighted by Crippen LogP contribution is -2.11. The molecule has 104 valence electrons. The number of hydrogen-bond donors (Lipinski definition) is 1. The van der Waals surface area contributed by atoms with Gasteiger partial charge in [0.15, 0.2) is 17.4 Å². The maximum atomic E-state index is 13.6. The first kappa shape index (κ1) is 14.3. The van der Waals surface area contributed by atoms with Crippen molar-refractivity contribution in [2.75, 3.05) is 6.54 Å². The van der Waals surface area contributed by atoms with Crippen LogP contribution in [0.15, 0.2) is 42.5 Å². The third-order valence-electron chi connectivity index (χ3n) is 3.11. The Kier molecular flexibility index (Phi) is 4.58. The fourth-order valence-corrected chi connectivity index (χ4v) is 2.12. The van der Waals surface area contributed by atoms with E-state index in [9.17, 15) is 13.6 Å². The Bertz CT molecular complexity index is 626. The normalized spacial score (nSPS) is 10.6.